The number of hydrogen-bond acceptors (Lipinski definition) is 6. The van der Waals surface area contributed by atoms with E-state index in [0.29, 0.717) is 0 Å². The first-order valence-electron chi connectivity index (χ1n) is 2.72. The summed E-state index contributed by atoms with van der Waals surface area (Å²) in [5.74, 6) is -5.13. The number of carboxylic acids is 2. The van der Waals surface area contributed by atoms with Crippen molar-refractivity contribution in [2.45, 2.75) is 13.8 Å². The summed E-state index contributed by atoms with van der Waals surface area (Å²) in [6.07, 6.45) is 0. The molecule has 14 heavy (non-hydrogen) atoms. The molecular formula is C6H6KNaO6. The standard InChI is InChI=1S/2C3H4O3.K.Na/c2*1-2(4)3(5)6;;/h2*1H3,(H,5,6);;/q;;2*+1/p-2. The van der Waals surface area contributed by atoms with Gasteiger partial charge in [0.05, 0.1) is 0 Å². The molecule has 0 aromatic heterocycles. The Morgan fingerprint density at radius 3 is 0.857 bits per heavy atom. The molecule has 0 atom stereocenters. The Bertz CT molecular complexity index is 178. The molecule has 0 aliphatic carbocycles. The molecule has 0 fully saturated rings. The van der Waals surface area contributed by atoms with Gasteiger partial charge in [0, 0.05) is 13.8 Å². The van der Waals surface area contributed by atoms with Gasteiger partial charge in [-0.2, -0.15) is 0 Å². The maximum Gasteiger partial charge on any atom is 1.00 e. The van der Waals surface area contributed by atoms with Gasteiger partial charge in [0.25, 0.3) is 0 Å². The summed E-state index contributed by atoms with van der Waals surface area (Å²) >= 11 is 0. The third-order valence-electron chi connectivity index (χ3n) is 0.575. The fourth-order valence-electron chi connectivity index (χ4n) is 0. The maximum atomic E-state index is 9.48. The molecule has 8 heteroatoms. The molecule has 0 unspecified atom stereocenters. The van der Waals surface area contributed by atoms with Crippen LogP contribution in [0, 0.1) is 0 Å². The normalized spacial score (nSPS) is 6.43. The van der Waals surface area contributed by atoms with Crippen LogP contribution in [0.4, 0.5) is 0 Å². The van der Waals surface area contributed by atoms with E-state index < -0.39 is 23.5 Å². The van der Waals surface area contributed by atoms with Gasteiger partial charge in [-0.3, -0.25) is 9.59 Å². The number of carbonyl (C=O) groups is 4. The summed E-state index contributed by atoms with van der Waals surface area (Å²) in [5, 5.41) is 18.5. The molecule has 0 saturated heterocycles. The van der Waals surface area contributed by atoms with E-state index in [2.05, 4.69) is 0 Å². The van der Waals surface area contributed by atoms with Gasteiger partial charge < -0.3 is 19.8 Å². The smallest absolute Gasteiger partial charge is 0.542 e. The summed E-state index contributed by atoms with van der Waals surface area (Å²) < 4.78 is 0. The minimum atomic E-state index is -1.63. The number of rotatable bonds is 2. The molecule has 0 bridgehead atoms. The predicted molar refractivity (Wildman–Crippen MR) is 31.4 cm³/mol. The van der Waals surface area contributed by atoms with Crippen molar-refractivity contribution in [1.82, 2.24) is 0 Å². The summed E-state index contributed by atoms with van der Waals surface area (Å²) in [4.78, 5) is 37.4. The number of carbonyl (C=O) groups excluding carboxylic acids is 4. The molecule has 0 rings (SSSR count). The maximum absolute atomic E-state index is 9.48. The van der Waals surface area contributed by atoms with Gasteiger partial charge in [0.2, 0.25) is 0 Å². The zero-order chi connectivity index (χ0) is 10.3. The largest absolute Gasteiger partial charge is 1.00 e. The van der Waals surface area contributed by atoms with Gasteiger partial charge in [-0.15, -0.1) is 0 Å². The van der Waals surface area contributed by atoms with E-state index in [1.165, 1.54) is 0 Å². The summed E-state index contributed by atoms with van der Waals surface area (Å²) in [7, 11) is 0. The van der Waals surface area contributed by atoms with E-state index in [0.717, 1.165) is 13.8 Å². The van der Waals surface area contributed by atoms with E-state index in [-0.39, 0.29) is 80.9 Å². The Labute approximate surface area is 145 Å². The van der Waals surface area contributed by atoms with Gasteiger partial charge in [-0.1, -0.05) is 0 Å². The van der Waals surface area contributed by atoms with Crippen LogP contribution in [0.25, 0.3) is 0 Å². The molecule has 0 aromatic carbocycles. The molecule has 6 nitrogen and oxygen atoms in total. The molecular weight excluding hydrogens is 230 g/mol. The molecule has 0 spiro atoms. The van der Waals surface area contributed by atoms with E-state index in [1.54, 1.807) is 0 Å². The van der Waals surface area contributed by atoms with Crippen molar-refractivity contribution < 1.29 is 110 Å². The summed E-state index contributed by atoms with van der Waals surface area (Å²) in [6, 6.07) is 0. The minimum absolute atomic E-state index is 0. The van der Waals surface area contributed by atoms with Crippen molar-refractivity contribution in [2.75, 3.05) is 0 Å². The van der Waals surface area contributed by atoms with Gasteiger partial charge in [-0.25, -0.2) is 0 Å². The zero-order valence-electron chi connectivity index (χ0n) is 8.45. The van der Waals surface area contributed by atoms with Gasteiger partial charge in [0.15, 0.2) is 11.6 Å². The Morgan fingerprint density at radius 2 is 0.857 bits per heavy atom. The Balaban J connectivity index is -0.0000000625. The second-order valence-electron chi connectivity index (χ2n) is 1.69. The number of aliphatic carboxylic acids is 2. The molecule has 68 valence electrons. The van der Waals surface area contributed by atoms with Crippen LogP contribution in [0.15, 0.2) is 0 Å². The fraction of sp³-hybridized carbons (Fsp3) is 0.333. The molecule has 0 aliphatic heterocycles. The molecule has 0 aliphatic rings. The second kappa shape index (κ2) is 13.9. The predicted octanol–water partition coefficient (Wildman–Crippen LogP) is -9.34. The monoisotopic (exact) mass is 236 g/mol. The van der Waals surface area contributed by atoms with Crippen molar-refractivity contribution in [2.24, 2.45) is 0 Å². The third-order valence-corrected chi connectivity index (χ3v) is 0.575. The van der Waals surface area contributed by atoms with Crippen LogP contribution in [0.1, 0.15) is 13.8 Å². The second-order valence-corrected chi connectivity index (χ2v) is 1.69. The Kier molecular flexibility index (Phi) is 24.1. The first kappa shape index (κ1) is 24.2. The minimum Gasteiger partial charge on any atom is -0.542 e. The van der Waals surface area contributed by atoms with Crippen molar-refractivity contribution in [1.29, 1.82) is 0 Å². The molecule has 0 heterocycles. The SMILES string of the molecule is CC(=O)C(=O)[O-].CC(=O)C(=O)[O-].[K+].[Na+]. The quantitative estimate of drug-likeness (QED) is 0.347. The van der Waals surface area contributed by atoms with Crippen LogP contribution in [-0.4, -0.2) is 23.5 Å². The topological polar surface area (TPSA) is 114 Å². The first-order chi connectivity index (χ1) is 5.29. The number of hydrogen-bond donors (Lipinski definition) is 0. The van der Waals surface area contributed by atoms with Crippen LogP contribution in [0.2, 0.25) is 0 Å². The van der Waals surface area contributed by atoms with Crippen molar-refractivity contribution in [3.05, 3.63) is 0 Å². The Hall–Kier alpha value is 0.916. The van der Waals surface area contributed by atoms with Crippen LogP contribution in [-0.2, 0) is 19.2 Å². The summed E-state index contributed by atoms with van der Waals surface area (Å²) in [6.45, 7) is 1.88. The molecule has 0 aromatic rings. The average Bonchev–Trinajstić information content (AvgIpc) is 1.88. The van der Waals surface area contributed by atoms with Gasteiger partial charge >= 0.3 is 80.9 Å². The van der Waals surface area contributed by atoms with E-state index in [1.807, 2.05) is 0 Å². The van der Waals surface area contributed by atoms with Crippen molar-refractivity contribution in [3.8, 4) is 0 Å². The van der Waals surface area contributed by atoms with Gasteiger partial charge in [0.1, 0.15) is 11.9 Å². The van der Waals surface area contributed by atoms with Crippen LogP contribution >= 0.6 is 0 Å². The average molecular weight is 236 g/mol. The molecule has 0 N–H and O–H groups in total. The molecule has 0 radical (unpaired) electrons. The number of Topliss-reactive ketones (excluding diaryl/α,β-unsaturated/α-hetero) is 2. The van der Waals surface area contributed by atoms with Crippen molar-refractivity contribution >= 4 is 23.5 Å². The van der Waals surface area contributed by atoms with Crippen LogP contribution < -0.4 is 91.2 Å². The fourth-order valence-corrected chi connectivity index (χ4v) is 0. The number of ketones is 2. The van der Waals surface area contributed by atoms with E-state index in [4.69, 9.17) is 0 Å². The number of carboxylic acid groups (broad SMARTS) is 2. The van der Waals surface area contributed by atoms with E-state index in [9.17, 15) is 29.4 Å². The third kappa shape index (κ3) is 23.1. The molecule has 0 amide bonds. The first-order valence-corrected chi connectivity index (χ1v) is 2.72. The molecule has 0 saturated carbocycles. The van der Waals surface area contributed by atoms with Crippen LogP contribution in [0.5, 0.6) is 0 Å². The summed E-state index contributed by atoms with van der Waals surface area (Å²) in [5.41, 5.74) is 0. The zero-order valence-corrected chi connectivity index (χ0v) is 13.6. The van der Waals surface area contributed by atoms with E-state index >= 15 is 0 Å². The van der Waals surface area contributed by atoms with Crippen LogP contribution in [0.3, 0.4) is 0 Å². The Morgan fingerprint density at radius 1 is 0.786 bits per heavy atom. The van der Waals surface area contributed by atoms with Crippen molar-refractivity contribution in [3.63, 3.8) is 0 Å². The van der Waals surface area contributed by atoms with Gasteiger partial charge in [-0.05, 0) is 0 Å².